The minimum Gasteiger partial charge on any atom is -0.464 e. The average Bonchev–Trinajstić information content (AvgIpc) is 2.35. The third-order valence-corrected chi connectivity index (χ3v) is 2.05. The maximum atomic E-state index is 11.2. The van der Waals surface area contributed by atoms with Crippen molar-refractivity contribution in [3.8, 4) is 0 Å². The summed E-state index contributed by atoms with van der Waals surface area (Å²) < 4.78 is 9.78. The van der Waals surface area contributed by atoms with E-state index in [0.717, 1.165) is 13.0 Å². The molecule has 0 aromatic carbocycles. The second kappa shape index (κ2) is 12.3. The van der Waals surface area contributed by atoms with Gasteiger partial charge in [0.1, 0.15) is 6.61 Å². The molecule has 2 N–H and O–H groups in total. The topological polar surface area (TPSA) is 76.7 Å². The Hall–Kier alpha value is -1.14. The van der Waals surface area contributed by atoms with Crippen LogP contribution in [0.1, 0.15) is 26.7 Å². The van der Waals surface area contributed by atoms with E-state index in [4.69, 9.17) is 9.47 Å². The Morgan fingerprint density at radius 2 is 1.89 bits per heavy atom. The fourth-order valence-electron chi connectivity index (χ4n) is 1.18. The Morgan fingerprint density at radius 1 is 1.11 bits per heavy atom. The van der Waals surface area contributed by atoms with Crippen LogP contribution in [0.2, 0.25) is 0 Å². The first-order valence-electron chi connectivity index (χ1n) is 6.41. The predicted molar refractivity (Wildman–Crippen MR) is 68.2 cm³/mol. The summed E-state index contributed by atoms with van der Waals surface area (Å²) in [4.78, 5) is 22.1. The Bertz CT molecular complexity index is 234. The second-order valence-electron chi connectivity index (χ2n) is 3.71. The van der Waals surface area contributed by atoms with E-state index in [1.54, 1.807) is 6.92 Å². The smallest absolute Gasteiger partial charge is 0.332 e. The summed E-state index contributed by atoms with van der Waals surface area (Å²) in [5.74, 6) is -0.298. The number of amides is 1. The second-order valence-corrected chi connectivity index (χ2v) is 3.71. The summed E-state index contributed by atoms with van der Waals surface area (Å²) in [6.07, 6.45) is 1.40. The number of ether oxygens (including phenoxy) is 2. The Morgan fingerprint density at radius 3 is 2.56 bits per heavy atom. The van der Waals surface area contributed by atoms with Gasteiger partial charge in [0.15, 0.2) is 0 Å². The minimum atomic E-state index is -0.351. The summed E-state index contributed by atoms with van der Waals surface area (Å²) in [5.41, 5.74) is 0. The molecular formula is C12H24N2O4. The molecule has 0 spiro atoms. The fourth-order valence-corrected chi connectivity index (χ4v) is 1.18. The summed E-state index contributed by atoms with van der Waals surface area (Å²) in [6, 6.07) is 0. The van der Waals surface area contributed by atoms with Gasteiger partial charge in [-0.15, -0.1) is 0 Å². The normalized spacial score (nSPS) is 10.1. The Labute approximate surface area is 108 Å². The lowest BCUT2D eigenvalue weighted by Gasteiger charge is -2.06. The number of hydrogen-bond acceptors (Lipinski definition) is 5. The highest BCUT2D eigenvalue weighted by molar-refractivity contribution is 5.75. The summed E-state index contributed by atoms with van der Waals surface area (Å²) in [6.45, 7) is 6.48. The van der Waals surface area contributed by atoms with Crippen LogP contribution in [0.5, 0.6) is 0 Å². The lowest BCUT2D eigenvalue weighted by atomic mass is 10.3. The predicted octanol–water partition coefficient (Wildman–Crippen LogP) is 0.0720. The van der Waals surface area contributed by atoms with Crippen molar-refractivity contribution in [2.75, 3.05) is 39.5 Å². The zero-order valence-electron chi connectivity index (χ0n) is 11.3. The number of rotatable bonds is 11. The molecule has 0 heterocycles. The van der Waals surface area contributed by atoms with Gasteiger partial charge in [-0.3, -0.25) is 4.79 Å². The van der Waals surface area contributed by atoms with Gasteiger partial charge in [-0.05, 0) is 13.3 Å². The van der Waals surface area contributed by atoms with Crippen LogP contribution in [0.4, 0.5) is 0 Å². The molecule has 0 aliphatic rings. The van der Waals surface area contributed by atoms with Crippen molar-refractivity contribution in [1.29, 1.82) is 0 Å². The van der Waals surface area contributed by atoms with Gasteiger partial charge in [-0.1, -0.05) is 6.92 Å². The van der Waals surface area contributed by atoms with Gasteiger partial charge in [-0.2, -0.15) is 0 Å². The van der Waals surface area contributed by atoms with Crippen LogP contribution in [-0.4, -0.2) is 51.3 Å². The quantitative estimate of drug-likeness (QED) is 0.406. The molecule has 0 aromatic rings. The molecule has 6 heteroatoms. The van der Waals surface area contributed by atoms with Gasteiger partial charge in [0.25, 0.3) is 0 Å². The van der Waals surface area contributed by atoms with Crippen LogP contribution in [0.15, 0.2) is 0 Å². The van der Waals surface area contributed by atoms with Crippen LogP contribution in [0.25, 0.3) is 0 Å². The van der Waals surface area contributed by atoms with E-state index < -0.39 is 0 Å². The highest BCUT2D eigenvalue weighted by Crippen LogP contribution is 1.82. The van der Waals surface area contributed by atoms with Crippen molar-refractivity contribution in [1.82, 2.24) is 10.6 Å². The number of carbonyl (C=O) groups is 2. The van der Waals surface area contributed by atoms with E-state index in [9.17, 15) is 9.59 Å². The molecule has 6 nitrogen and oxygen atoms in total. The molecule has 0 atom stereocenters. The molecular weight excluding hydrogens is 236 g/mol. The van der Waals surface area contributed by atoms with Gasteiger partial charge in [0.05, 0.1) is 13.2 Å². The van der Waals surface area contributed by atoms with E-state index in [2.05, 4.69) is 10.6 Å². The lowest BCUT2D eigenvalue weighted by Crippen LogP contribution is -2.29. The number of esters is 1. The van der Waals surface area contributed by atoms with Crippen molar-refractivity contribution >= 4 is 11.9 Å². The highest BCUT2D eigenvalue weighted by Gasteiger charge is 2.01. The van der Waals surface area contributed by atoms with Gasteiger partial charge in [-0.25, -0.2) is 4.79 Å². The largest absolute Gasteiger partial charge is 0.464 e. The van der Waals surface area contributed by atoms with Crippen molar-refractivity contribution in [2.45, 2.75) is 26.7 Å². The number of hydrogen-bond donors (Lipinski definition) is 2. The van der Waals surface area contributed by atoms with Gasteiger partial charge in [0.2, 0.25) is 5.91 Å². The van der Waals surface area contributed by atoms with Gasteiger partial charge >= 0.3 is 5.97 Å². The zero-order chi connectivity index (χ0) is 13.6. The lowest BCUT2D eigenvalue weighted by molar-refractivity contribution is -0.148. The third-order valence-electron chi connectivity index (χ3n) is 2.05. The number of nitrogens with one attached hydrogen (secondary N) is 2. The van der Waals surface area contributed by atoms with Crippen LogP contribution < -0.4 is 10.6 Å². The minimum absolute atomic E-state index is 0.0213. The zero-order valence-corrected chi connectivity index (χ0v) is 11.3. The SMILES string of the molecule is CCCNC(=O)CCNCCOCC(=O)OCC. The fraction of sp³-hybridized carbons (Fsp3) is 0.833. The molecule has 0 bridgehead atoms. The van der Waals surface area contributed by atoms with Gasteiger partial charge < -0.3 is 20.1 Å². The van der Waals surface area contributed by atoms with Crippen LogP contribution >= 0.6 is 0 Å². The van der Waals surface area contributed by atoms with Crippen molar-refractivity contribution < 1.29 is 19.1 Å². The van der Waals surface area contributed by atoms with Crippen molar-refractivity contribution in [3.63, 3.8) is 0 Å². The summed E-state index contributed by atoms with van der Waals surface area (Å²) in [7, 11) is 0. The first kappa shape index (κ1) is 16.9. The van der Waals surface area contributed by atoms with E-state index in [-0.39, 0.29) is 18.5 Å². The van der Waals surface area contributed by atoms with Crippen LogP contribution in [-0.2, 0) is 19.1 Å². The van der Waals surface area contributed by atoms with Gasteiger partial charge in [0, 0.05) is 26.1 Å². The Kier molecular flexibility index (Phi) is 11.5. The van der Waals surface area contributed by atoms with Crippen LogP contribution in [0.3, 0.4) is 0 Å². The molecule has 0 fully saturated rings. The first-order chi connectivity index (χ1) is 8.70. The third kappa shape index (κ3) is 11.3. The molecule has 0 saturated carbocycles. The summed E-state index contributed by atoms with van der Waals surface area (Å²) in [5, 5.41) is 5.85. The molecule has 0 rings (SSSR count). The van der Waals surface area contributed by atoms with Crippen molar-refractivity contribution in [2.24, 2.45) is 0 Å². The van der Waals surface area contributed by atoms with E-state index >= 15 is 0 Å². The van der Waals surface area contributed by atoms with Crippen molar-refractivity contribution in [3.05, 3.63) is 0 Å². The van der Waals surface area contributed by atoms with E-state index in [1.807, 2.05) is 6.92 Å². The molecule has 0 aromatic heterocycles. The molecule has 106 valence electrons. The average molecular weight is 260 g/mol. The summed E-state index contributed by atoms with van der Waals surface area (Å²) >= 11 is 0. The molecule has 18 heavy (non-hydrogen) atoms. The Balaban J connectivity index is 3.20. The highest BCUT2D eigenvalue weighted by atomic mass is 16.6. The van der Waals surface area contributed by atoms with E-state index in [0.29, 0.717) is 32.7 Å². The monoisotopic (exact) mass is 260 g/mol. The maximum Gasteiger partial charge on any atom is 0.332 e. The molecule has 0 aliphatic heterocycles. The molecule has 0 unspecified atom stereocenters. The maximum absolute atomic E-state index is 11.2. The first-order valence-corrected chi connectivity index (χ1v) is 6.41. The van der Waals surface area contributed by atoms with E-state index in [1.165, 1.54) is 0 Å². The number of carbonyl (C=O) groups excluding carboxylic acids is 2. The molecule has 0 saturated heterocycles. The molecule has 0 aliphatic carbocycles. The molecule has 0 radical (unpaired) electrons. The molecule has 1 amide bonds. The van der Waals surface area contributed by atoms with Crippen LogP contribution in [0, 0.1) is 0 Å². The standard InChI is InChI=1S/C12H24N2O4/c1-3-6-14-11(15)5-7-13-8-9-17-10-12(16)18-4-2/h13H,3-10H2,1-2H3,(H,14,15).